The number of methoxy groups -OCH3 is 1. The van der Waals surface area contributed by atoms with Crippen LogP contribution in [-0.4, -0.2) is 12.9 Å². The van der Waals surface area contributed by atoms with Crippen LogP contribution in [0.25, 0.3) is 0 Å². The van der Waals surface area contributed by atoms with Crippen LogP contribution in [0, 0.1) is 13.8 Å². The Morgan fingerprint density at radius 2 is 1.58 bits per heavy atom. The van der Waals surface area contributed by atoms with E-state index in [1.807, 2.05) is 50.2 Å². The first kappa shape index (κ1) is 13.8. The van der Waals surface area contributed by atoms with Crippen molar-refractivity contribution in [3.05, 3.63) is 63.1 Å². The number of halogens is 1. The summed E-state index contributed by atoms with van der Waals surface area (Å²) >= 11 is 3.43. The SMILES string of the molecule is COc1ccc(C)cc1C(=O)c1cc(C)ccc1Br. The van der Waals surface area contributed by atoms with Crippen LogP contribution in [0.2, 0.25) is 0 Å². The lowest BCUT2D eigenvalue weighted by molar-refractivity contribution is 0.103. The molecule has 0 unspecified atom stereocenters. The molecule has 0 heterocycles. The zero-order chi connectivity index (χ0) is 14.0. The molecule has 0 amide bonds. The molecule has 19 heavy (non-hydrogen) atoms. The summed E-state index contributed by atoms with van der Waals surface area (Å²) in [5, 5.41) is 0. The molecule has 0 saturated carbocycles. The van der Waals surface area contributed by atoms with E-state index in [9.17, 15) is 4.79 Å². The zero-order valence-corrected chi connectivity index (χ0v) is 12.7. The smallest absolute Gasteiger partial charge is 0.197 e. The molecule has 0 spiro atoms. The highest BCUT2D eigenvalue weighted by molar-refractivity contribution is 9.10. The van der Waals surface area contributed by atoms with Gasteiger partial charge in [0.25, 0.3) is 0 Å². The van der Waals surface area contributed by atoms with Crippen molar-refractivity contribution < 1.29 is 9.53 Å². The summed E-state index contributed by atoms with van der Waals surface area (Å²) in [6, 6.07) is 11.4. The van der Waals surface area contributed by atoms with Crippen LogP contribution in [0.4, 0.5) is 0 Å². The molecule has 0 N–H and O–H groups in total. The first-order valence-corrected chi connectivity index (χ1v) is 6.77. The number of rotatable bonds is 3. The van der Waals surface area contributed by atoms with Crippen molar-refractivity contribution in [2.75, 3.05) is 7.11 Å². The van der Waals surface area contributed by atoms with Gasteiger partial charge >= 0.3 is 0 Å². The van der Waals surface area contributed by atoms with Gasteiger partial charge in [0, 0.05) is 10.0 Å². The molecule has 0 radical (unpaired) electrons. The second kappa shape index (κ2) is 5.57. The maximum absolute atomic E-state index is 12.6. The quantitative estimate of drug-likeness (QED) is 0.788. The number of hydrogen-bond acceptors (Lipinski definition) is 2. The average Bonchev–Trinajstić information content (AvgIpc) is 2.40. The van der Waals surface area contributed by atoms with E-state index in [2.05, 4.69) is 15.9 Å². The molecule has 2 aromatic carbocycles. The van der Waals surface area contributed by atoms with Gasteiger partial charge in [0.15, 0.2) is 5.78 Å². The molecule has 98 valence electrons. The molecule has 0 aliphatic carbocycles. The molecule has 0 fully saturated rings. The van der Waals surface area contributed by atoms with Crippen LogP contribution < -0.4 is 4.74 Å². The number of carbonyl (C=O) groups excluding carboxylic acids is 1. The number of benzene rings is 2. The molecule has 0 aliphatic heterocycles. The third-order valence-corrected chi connectivity index (χ3v) is 3.66. The van der Waals surface area contributed by atoms with E-state index in [0.717, 1.165) is 15.6 Å². The molecule has 0 atom stereocenters. The van der Waals surface area contributed by atoms with Crippen LogP contribution in [0.1, 0.15) is 27.0 Å². The van der Waals surface area contributed by atoms with Crippen LogP contribution in [-0.2, 0) is 0 Å². The molecule has 2 nitrogen and oxygen atoms in total. The molecule has 0 bridgehead atoms. The predicted molar refractivity (Wildman–Crippen MR) is 80.0 cm³/mol. The normalized spacial score (nSPS) is 10.3. The Kier molecular flexibility index (Phi) is 4.05. The molecule has 2 aromatic rings. The first-order chi connectivity index (χ1) is 9.02. The van der Waals surface area contributed by atoms with E-state index in [1.54, 1.807) is 7.11 Å². The van der Waals surface area contributed by atoms with Crippen LogP contribution in [0.3, 0.4) is 0 Å². The van der Waals surface area contributed by atoms with Gasteiger partial charge in [-0.2, -0.15) is 0 Å². The van der Waals surface area contributed by atoms with E-state index < -0.39 is 0 Å². The molecular formula is C16H15BrO2. The second-order valence-corrected chi connectivity index (χ2v) is 5.37. The number of carbonyl (C=O) groups is 1. The summed E-state index contributed by atoms with van der Waals surface area (Å²) in [6.07, 6.45) is 0. The van der Waals surface area contributed by atoms with Crippen molar-refractivity contribution in [3.63, 3.8) is 0 Å². The summed E-state index contributed by atoms with van der Waals surface area (Å²) < 4.78 is 6.07. The largest absolute Gasteiger partial charge is 0.496 e. The summed E-state index contributed by atoms with van der Waals surface area (Å²) in [5.41, 5.74) is 3.34. The highest BCUT2D eigenvalue weighted by Crippen LogP contribution is 2.27. The van der Waals surface area contributed by atoms with Crippen molar-refractivity contribution in [2.45, 2.75) is 13.8 Å². The Hall–Kier alpha value is -1.61. The Labute approximate surface area is 121 Å². The number of aryl methyl sites for hydroxylation is 2. The van der Waals surface area contributed by atoms with Gasteiger partial charge < -0.3 is 4.74 Å². The number of ether oxygens (including phenoxy) is 1. The van der Waals surface area contributed by atoms with Gasteiger partial charge in [0.05, 0.1) is 12.7 Å². The lowest BCUT2D eigenvalue weighted by atomic mass is 9.99. The highest BCUT2D eigenvalue weighted by Gasteiger charge is 2.17. The predicted octanol–water partition coefficient (Wildman–Crippen LogP) is 4.31. The van der Waals surface area contributed by atoms with E-state index in [-0.39, 0.29) is 5.78 Å². The zero-order valence-electron chi connectivity index (χ0n) is 11.2. The third kappa shape index (κ3) is 2.87. The fourth-order valence-corrected chi connectivity index (χ4v) is 2.38. The van der Waals surface area contributed by atoms with Crippen molar-refractivity contribution in [3.8, 4) is 5.75 Å². The van der Waals surface area contributed by atoms with E-state index in [1.165, 1.54) is 0 Å². The van der Waals surface area contributed by atoms with Crippen molar-refractivity contribution in [1.29, 1.82) is 0 Å². The Morgan fingerprint density at radius 3 is 2.21 bits per heavy atom. The fourth-order valence-electron chi connectivity index (χ4n) is 1.96. The molecule has 3 heteroatoms. The molecule has 0 aliphatic rings. The van der Waals surface area contributed by atoms with Crippen molar-refractivity contribution >= 4 is 21.7 Å². The first-order valence-electron chi connectivity index (χ1n) is 5.98. The Morgan fingerprint density at radius 1 is 1.00 bits per heavy atom. The molecule has 0 aromatic heterocycles. The van der Waals surface area contributed by atoms with Gasteiger partial charge in [-0.25, -0.2) is 0 Å². The van der Waals surface area contributed by atoms with Crippen LogP contribution >= 0.6 is 15.9 Å². The lowest BCUT2D eigenvalue weighted by Gasteiger charge is -2.10. The maximum Gasteiger partial charge on any atom is 0.197 e. The minimum absolute atomic E-state index is 0.0314. The van der Waals surface area contributed by atoms with Crippen LogP contribution in [0.15, 0.2) is 40.9 Å². The van der Waals surface area contributed by atoms with Crippen molar-refractivity contribution in [2.24, 2.45) is 0 Å². The topological polar surface area (TPSA) is 26.3 Å². The Bertz CT molecular complexity index is 633. The van der Waals surface area contributed by atoms with Gasteiger partial charge in [-0.3, -0.25) is 4.79 Å². The molecule has 2 rings (SSSR count). The van der Waals surface area contributed by atoms with Crippen molar-refractivity contribution in [1.82, 2.24) is 0 Å². The maximum atomic E-state index is 12.6. The fraction of sp³-hybridized carbons (Fsp3) is 0.188. The van der Waals surface area contributed by atoms with Gasteiger partial charge in [0.1, 0.15) is 5.75 Å². The van der Waals surface area contributed by atoms with Gasteiger partial charge in [-0.15, -0.1) is 0 Å². The highest BCUT2D eigenvalue weighted by atomic mass is 79.9. The third-order valence-electron chi connectivity index (χ3n) is 2.97. The summed E-state index contributed by atoms with van der Waals surface area (Å²) in [6.45, 7) is 3.93. The lowest BCUT2D eigenvalue weighted by Crippen LogP contribution is -2.05. The van der Waals surface area contributed by atoms with Crippen LogP contribution in [0.5, 0.6) is 5.75 Å². The minimum atomic E-state index is -0.0314. The summed E-state index contributed by atoms with van der Waals surface area (Å²) in [5.74, 6) is 0.570. The number of ketones is 1. The molecule has 0 saturated heterocycles. The Balaban J connectivity index is 2.55. The van der Waals surface area contributed by atoms with Gasteiger partial charge in [-0.1, -0.05) is 39.2 Å². The number of hydrogen-bond donors (Lipinski definition) is 0. The van der Waals surface area contributed by atoms with E-state index in [0.29, 0.717) is 16.9 Å². The molecular weight excluding hydrogens is 304 g/mol. The van der Waals surface area contributed by atoms with E-state index >= 15 is 0 Å². The summed E-state index contributed by atoms with van der Waals surface area (Å²) in [7, 11) is 1.58. The summed E-state index contributed by atoms with van der Waals surface area (Å²) in [4.78, 5) is 12.6. The van der Waals surface area contributed by atoms with E-state index in [4.69, 9.17) is 4.74 Å². The standard InChI is InChI=1S/C16H15BrO2/c1-10-4-6-14(17)12(8-10)16(18)13-9-11(2)5-7-15(13)19-3/h4-9H,1-3H3. The average molecular weight is 319 g/mol. The minimum Gasteiger partial charge on any atom is -0.496 e. The second-order valence-electron chi connectivity index (χ2n) is 4.52. The van der Waals surface area contributed by atoms with Gasteiger partial charge in [-0.05, 0) is 38.1 Å². The monoisotopic (exact) mass is 318 g/mol. The van der Waals surface area contributed by atoms with Gasteiger partial charge in [0.2, 0.25) is 0 Å².